The van der Waals surface area contributed by atoms with Crippen LogP contribution in [-0.4, -0.2) is 40.3 Å². The SMILES string of the molecule is O=C(C1CCN(c2ccccc2[N+](=O)[O-])CC1)N1CCCC1c1cccnc1. The number of benzene rings is 1. The van der Waals surface area contributed by atoms with Crippen molar-refractivity contribution in [1.29, 1.82) is 0 Å². The van der Waals surface area contributed by atoms with E-state index in [0.717, 1.165) is 37.8 Å². The Labute approximate surface area is 164 Å². The standard InChI is InChI=1S/C21H24N4O3/c26-21(24-12-4-8-18(24)17-5-3-11-22-15-17)16-9-13-23(14-10-16)19-6-1-2-7-20(19)25(27)28/h1-3,5-7,11,15-16,18H,4,8-10,12-14H2. The van der Waals surface area contributed by atoms with Crippen molar-refractivity contribution in [1.82, 2.24) is 9.88 Å². The van der Waals surface area contributed by atoms with Crippen LogP contribution in [-0.2, 0) is 4.79 Å². The van der Waals surface area contributed by atoms with Gasteiger partial charge in [0.2, 0.25) is 5.91 Å². The van der Waals surface area contributed by atoms with Crippen molar-refractivity contribution in [3.8, 4) is 0 Å². The summed E-state index contributed by atoms with van der Waals surface area (Å²) in [6, 6.07) is 10.9. The Morgan fingerprint density at radius 2 is 1.86 bits per heavy atom. The number of hydrogen-bond acceptors (Lipinski definition) is 5. The zero-order valence-corrected chi connectivity index (χ0v) is 15.7. The van der Waals surface area contributed by atoms with Crippen molar-refractivity contribution in [3.63, 3.8) is 0 Å². The molecule has 1 aromatic carbocycles. The second-order valence-electron chi connectivity index (χ2n) is 7.48. The van der Waals surface area contributed by atoms with Crippen LogP contribution in [0.25, 0.3) is 0 Å². The van der Waals surface area contributed by atoms with E-state index in [1.165, 1.54) is 6.07 Å². The molecule has 1 aromatic heterocycles. The lowest BCUT2D eigenvalue weighted by molar-refractivity contribution is -0.384. The quantitative estimate of drug-likeness (QED) is 0.598. The molecule has 0 bridgehead atoms. The van der Waals surface area contributed by atoms with E-state index in [1.807, 2.05) is 34.2 Å². The van der Waals surface area contributed by atoms with Gasteiger partial charge in [-0.15, -0.1) is 0 Å². The van der Waals surface area contributed by atoms with Gasteiger partial charge in [0.05, 0.1) is 11.0 Å². The second kappa shape index (κ2) is 7.96. The smallest absolute Gasteiger partial charge is 0.292 e. The van der Waals surface area contributed by atoms with E-state index in [0.29, 0.717) is 18.8 Å². The minimum atomic E-state index is -0.338. The molecule has 0 radical (unpaired) electrons. The summed E-state index contributed by atoms with van der Waals surface area (Å²) in [6.07, 6.45) is 7.05. The normalized spacial score (nSPS) is 20.4. The zero-order valence-electron chi connectivity index (χ0n) is 15.7. The van der Waals surface area contributed by atoms with Crippen LogP contribution in [0.4, 0.5) is 11.4 Å². The van der Waals surface area contributed by atoms with E-state index in [-0.39, 0.29) is 28.5 Å². The van der Waals surface area contributed by atoms with Crippen molar-refractivity contribution in [2.45, 2.75) is 31.7 Å². The summed E-state index contributed by atoms with van der Waals surface area (Å²) in [5, 5.41) is 11.3. The van der Waals surface area contributed by atoms with Gasteiger partial charge in [0.25, 0.3) is 5.69 Å². The summed E-state index contributed by atoms with van der Waals surface area (Å²) in [6.45, 7) is 2.11. The number of para-hydroxylation sites is 2. The minimum Gasteiger partial charge on any atom is -0.366 e. The topological polar surface area (TPSA) is 79.6 Å². The molecule has 7 nitrogen and oxygen atoms in total. The first-order valence-electron chi connectivity index (χ1n) is 9.84. The summed E-state index contributed by atoms with van der Waals surface area (Å²) >= 11 is 0. The van der Waals surface area contributed by atoms with Gasteiger partial charge in [0.15, 0.2) is 0 Å². The average Bonchev–Trinajstić information content (AvgIpc) is 3.24. The Bertz CT molecular complexity index is 850. The lowest BCUT2D eigenvalue weighted by atomic mass is 9.94. The van der Waals surface area contributed by atoms with E-state index in [4.69, 9.17) is 0 Å². The number of nitrogens with zero attached hydrogens (tertiary/aromatic N) is 4. The molecule has 0 saturated carbocycles. The van der Waals surface area contributed by atoms with Crippen LogP contribution < -0.4 is 4.90 Å². The molecule has 2 aliphatic rings. The number of carbonyl (C=O) groups excluding carboxylic acids is 1. The van der Waals surface area contributed by atoms with Gasteiger partial charge in [-0.3, -0.25) is 19.9 Å². The number of piperidine rings is 1. The maximum Gasteiger partial charge on any atom is 0.292 e. The molecular formula is C21H24N4O3. The van der Waals surface area contributed by atoms with Crippen molar-refractivity contribution in [2.75, 3.05) is 24.5 Å². The summed E-state index contributed by atoms with van der Waals surface area (Å²) in [5.41, 5.74) is 1.88. The molecule has 0 N–H and O–H groups in total. The highest BCUT2D eigenvalue weighted by atomic mass is 16.6. The van der Waals surface area contributed by atoms with Gasteiger partial charge in [-0.05, 0) is 43.4 Å². The van der Waals surface area contributed by atoms with Gasteiger partial charge >= 0.3 is 0 Å². The molecule has 1 amide bonds. The van der Waals surface area contributed by atoms with Crippen LogP contribution in [0, 0.1) is 16.0 Å². The first-order chi connectivity index (χ1) is 13.6. The van der Waals surface area contributed by atoms with Gasteiger partial charge in [-0.1, -0.05) is 18.2 Å². The number of rotatable bonds is 4. The lowest BCUT2D eigenvalue weighted by Gasteiger charge is -2.35. The van der Waals surface area contributed by atoms with Gasteiger partial charge in [-0.2, -0.15) is 0 Å². The molecule has 4 rings (SSSR count). The van der Waals surface area contributed by atoms with Crippen LogP contribution in [0.2, 0.25) is 0 Å². The van der Waals surface area contributed by atoms with E-state index < -0.39 is 0 Å². The predicted molar refractivity (Wildman–Crippen MR) is 106 cm³/mol. The maximum atomic E-state index is 13.2. The highest BCUT2D eigenvalue weighted by Crippen LogP contribution is 2.36. The van der Waals surface area contributed by atoms with Crippen LogP contribution in [0.1, 0.15) is 37.3 Å². The van der Waals surface area contributed by atoms with Gasteiger partial charge in [0, 0.05) is 44.0 Å². The number of pyridine rings is 1. The Balaban J connectivity index is 1.43. The summed E-state index contributed by atoms with van der Waals surface area (Å²) in [5.74, 6) is 0.199. The number of nitro benzene ring substituents is 1. The number of likely N-dealkylation sites (tertiary alicyclic amines) is 1. The third-order valence-electron chi connectivity index (χ3n) is 5.87. The number of anilines is 1. The van der Waals surface area contributed by atoms with Gasteiger partial charge in [0.1, 0.15) is 5.69 Å². The molecule has 2 saturated heterocycles. The number of aromatic nitrogens is 1. The fourth-order valence-electron chi connectivity index (χ4n) is 4.44. The Kier molecular flexibility index (Phi) is 5.23. The molecule has 0 spiro atoms. The van der Waals surface area contributed by atoms with Gasteiger partial charge in [-0.25, -0.2) is 0 Å². The first kappa shape index (κ1) is 18.4. The molecular weight excluding hydrogens is 356 g/mol. The number of amides is 1. The second-order valence-corrected chi connectivity index (χ2v) is 7.48. The fourth-order valence-corrected chi connectivity index (χ4v) is 4.44. The predicted octanol–water partition coefficient (Wildman–Crippen LogP) is 3.57. The maximum absolute atomic E-state index is 13.2. The number of carbonyl (C=O) groups is 1. The summed E-state index contributed by atoms with van der Waals surface area (Å²) in [4.78, 5) is 32.4. The molecule has 0 aliphatic carbocycles. The van der Waals surface area contributed by atoms with Crippen molar-refractivity contribution < 1.29 is 9.72 Å². The summed E-state index contributed by atoms with van der Waals surface area (Å²) < 4.78 is 0. The lowest BCUT2D eigenvalue weighted by Crippen LogP contribution is -2.42. The van der Waals surface area contributed by atoms with E-state index >= 15 is 0 Å². The van der Waals surface area contributed by atoms with Crippen molar-refractivity contribution in [2.24, 2.45) is 5.92 Å². The van der Waals surface area contributed by atoms with E-state index in [9.17, 15) is 14.9 Å². The molecule has 28 heavy (non-hydrogen) atoms. The molecule has 2 aliphatic heterocycles. The molecule has 146 valence electrons. The molecule has 2 aromatic rings. The van der Waals surface area contributed by atoms with Crippen molar-refractivity contribution in [3.05, 3.63) is 64.5 Å². The summed E-state index contributed by atoms with van der Waals surface area (Å²) in [7, 11) is 0. The number of nitro groups is 1. The molecule has 1 unspecified atom stereocenters. The highest BCUT2D eigenvalue weighted by molar-refractivity contribution is 5.80. The van der Waals surface area contributed by atoms with Crippen molar-refractivity contribution >= 4 is 17.3 Å². The van der Waals surface area contributed by atoms with Gasteiger partial charge < -0.3 is 9.80 Å². The zero-order chi connectivity index (χ0) is 19.5. The van der Waals surface area contributed by atoms with Crippen LogP contribution in [0.5, 0.6) is 0 Å². The molecule has 7 heteroatoms. The Morgan fingerprint density at radius 3 is 2.57 bits per heavy atom. The number of hydrogen-bond donors (Lipinski definition) is 0. The fraction of sp³-hybridized carbons (Fsp3) is 0.429. The largest absolute Gasteiger partial charge is 0.366 e. The molecule has 2 fully saturated rings. The monoisotopic (exact) mass is 380 g/mol. The molecule has 3 heterocycles. The van der Waals surface area contributed by atoms with Crippen LogP contribution in [0.3, 0.4) is 0 Å². The third-order valence-corrected chi connectivity index (χ3v) is 5.87. The Morgan fingerprint density at radius 1 is 1.07 bits per heavy atom. The average molecular weight is 380 g/mol. The Hall–Kier alpha value is -2.96. The minimum absolute atomic E-state index is 0.0173. The third kappa shape index (κ3) is 3.56. The van der Waals surface area contributed by atoms with E-state index in [2.05, 4.69) is 4.98 Å². The van der Waals surface area contributed by atoms with E-state index in [1.54, 1.807) is 18.3 Å². The highest BCUT2D eigenvalue weighted by Gasteiger charge is 2.36. The molecule has 1 atom stereocenters. The van der Waals surface area contributed by atoms with Crippen LogP contribution in [0.15, 0.2) is 48.8 Å². The first-order valence-corrected chi connectivity index (χ1v) is 9.84. The van der Waals surface area contributed by atoms with Crippen LogP contribution >= 0.6 is 0 Å².